The van der Waals surface area contributed by atoms with Crippen molar-refractivity contribution in [3.05, 3.63) is 52.7 Å². The monoisotopic (exact) mass is 478 g/mol. The second kappa shape index (κ2) is 9.24. The summed E-state index contributed by atoms with van der Waals surface area (Å²) in [4.78, 5) is 13.6. The summed E-state index contributed by atoms with van der Waals surface area (Å²) in [7, 11) is 1.97. The highest BCUT2D eigenvalue weighted by Gasteiger charge is 2.55. The van der Waals surface area contributed by atoms with Crippen LogP contribution < -0.4 is 4.90 Å². The summed E-state index contributed by atoms with van der Waals surface area (Å²) < 4.78 is 0. The average Bonchev–Trinajstić information content (AvgIpc) is 3.09. The number of nitrogens with zero attached hydrogens (tertiary/aromatic N) is 1. The Balaban J connectivity index is 1.73. The molecule has 5 heteroatoms. The Hall–Kier alpha value is -2.40. The standard InChI is InChI=1S/C30H42N2O3/c1-7-23-22(24-11-12-27(33)29(24,3)4)13-18(2)25-15-26(20(17-31)16-30(23,25)5)32(6)21-10-8-9-19(14-21)28(34)35/h8-10,14-15,17-18,22-24,27,31,33H,7,11-13,16H2,1-6H3,(H,34,35)/t18-,22?,23-,24?,27+,30?/m0/s1. The fraction of sp³-hybridized carbons (Fsp3) is 0.600. The van der Waals surface area contributed by atoms with E-state index in [2.05, 4.69) is 40.7 Å². The molecule has 0 spiro atoms. The van der Waals surface area contributed by atoms with Crippen LogP contribution in [0, 0.1) is 39.9 Å². The number of carboxylic acids is 1. The van der Waals surface area contributed by atoms with Crippen LogP contribution >= 0.6 is 0 Å². The zero-order chi connectivity index (χ0) is 25.7. The molecule has 3 aliphatic rings. The number of fused-ring (bicyclic) bond motifs is 1. The normalized spacial score (nSPS) is 34.3. The molecule has 0 aromatic heterocycles. The van der Waals surface area contributed by atoms with Gasteiger partial charge in [0.25, 0.3) is 0 Å². The molecule has 0 heterocycles. The van der Waals surface area contributed by atoms with Gasteiger partial charge >= 0.3 is 5.97 Å². The fourth-order valence-corrected chi connectivity index (χ4v) is 7.93. The topological polar surface area (TPSA) is 84.6 Å². The molecule has 2 fully saturated rings. The first kappa shape index (κ1) is 25.7. The summed E-state index contributed by atoms with van der Waals surface area (Å²) in [5, 5.41) is 28.5. The van der Waals surface area contributed by atoms with Gasteiger partial charge in [-0.15, -0.1) is 0 Å². The van der Waals surface area contributed by atoms with Crippen LogP contribution in [0.4, 0.5) is 5.69 Å². The van der Waals surface area contributed by atoms with Crippen molar-refractivity contribution in [2.24, 2.45) is 34.5 Å². The maximum absolute atomic E-state index is 11.5. The number of aliphatic hydroxyl groups is 1. The Morgan fingerprint density at radius 1 is 1.26 bits per heavy atom. The van der Waals surface area contributed by atoms with Crippen LogP contribution in [0.15, 0.2) is 47.2 Å². The van der Waals surface area contributed by atoms with E-state index < -0.39 is 5.97 Å². The van der Waals surface area contributed by atoms with Gasteiger partial charge in [-0.3, -0.25) is 0 Å². The number of benzene rings is 1. The van der Waals surface area contributed by atoms with Crippen molar-refractivity contribution >= 4 is 17.9 Å². The SMILES string of the molecule is CC[C@H]1C(C2CC[C@@H](O)C2(C)C)C[C@H](C)C2=CC(N(C)c3cccc(C(=O)O)c3)=C(C=N)CC21C. The maximum atomic E-state index is 11.5. The molecule has 6 atom stereocenters. The zero-order valence-electron chi connectivity index (χ0n) is 22.1. The van der Waals surface area contributed by atoms with Gasteiger partial charge in [0.15, 0.2) is 0 Å². The van der Waals surface area contributed by atoms with Crippen molar-refractivity contribution in [1.29, 1.82) is 5.41 Å². The van der Waals surface area contributed by atoms with Crippen molar-refractivity contribution in [3.8, 4) is 0 Å². The van der Waals surface area contributed by atoms with Gasteiger partial charge in [-0.05, 0) is 90.0 Å². The van der Waals surface area contributed by atoms with E-state index in [0.717, 1.165) is 49.1 Å². The van der Waals surface area contributed by atoms with Crippen molar-refractivity contribution in [2.75, 3.05) is 11.9 Å². The van der Waals surface area contributed by atoms with Gasteiger partial charge in [-0.2, -0.15) is 0 Å². The highest BCUT2D eigenvalue weighted by Crippen LogP contribution is 2.62. The lowest BCUT2D eigenvalue weighted by molar-refractivity contribution is -0.0200. The summed E-state index contributed by atoms with van der Waals surface area (Å²) in [6.45, 7) is 11.6. The maximum Gasteiger partial charge on any atom is 0.335 e. The molecule has 3 N–H and O–H groups in total. The minimum Gasteiger partial charge on any atom is -0.478 e. The van der Waals surface area contributed by atoms with Gasteiger partial charge in [0.05, 0.1) is 11.7 Å². The molecule has 0 bridgehead atoms. The summed E-state index contributed by atoms with van der Waals surface area (Å²) >= 11 is 0. The first-order valence-electron chi connectivity index (χ1n) is 13.2. The number of nitrogens with one attached hydrogen (secondary N) is 1. The summed E-state index contributed by atoms with van der Waals surface area (Å²) in [6.07, 6.45) is 8.60. The van der Waals surface area contributed by atoms with Crippen molar-refractivity contribution in [2.45, 2.75) is 72.8 Å². The Labute approximate surface area is 210 Å². The van der Waals surface area contributed by atoms with E-state index in [9.17, 15) is 15.0 Å². The van der Waals surface area contributed by atoms with E-state index >= 15 is 0 Å². The first-order valence-corrected chi connectivity index (χ1v) is 13.2. The van der Waals surface area contributed by atoms with E-state index in [4.69, 9.17) is 5.41 Å². The Morgan fingerprint density at radius 2 is 1.97 bits per heavy atom. The van der Waals surface area contributed by atoms with Crippen molar-refractivity contribution < 1.29 is 15.0 Å². The molecule has 1 aromatic rings. The van der Waals surface area contributed by atoms with Crippen LogP contribution in [0.25, 0.3) is 0 Å². The minimum absolute atomic E-state index is 0.0269. The van der Waals surface area contributed by atoms with Gasteiger partial charge in [-0.25, -0.2) is 4.79 Å². The smallest absolute Gasteiger partial charge is 0.335 e. The van der Waals surface area contributed by atoms with Crippen molar-refractivity contribution in [3.63, 3.8) is 0 Å². The number of hydrogen-bond donors (Lipinski definition) is 3. The van der Waals surface area contributed by atoms with Gasteiger partial charge < -0.3 is 20.5 Å². The molecule has 2 saturated carbocycles. The highest BCUT2D eigenvalue weighted by atomic mass is 16.4. The molecule has 0 saturated heterocycles. The van der Waals surface area contributed by atoms with E-state index in [1.807, 2.05) is 18.0 Å². The second-order valence-electron chi connectivity index (χ2n) is 12.0. The lowest BCUT2D eigenvalue weighted by Crippen LogP contribution is -2.48. The molecular formula is C30H42N2O3. The fourth-order valence-electron chi connectivity index (χ4n) is 7.93. The van der Waals surface area contributed by atoms with Crippen molar-refractivity contribution in [1.82, 2.24) is 0 Å². The Bertz CT molecular complexity index is 1070. The molecule has 3 aliphatic carbocycles. The third-order valence-electron chi connectivity index (χ3n) is 9.87. The molecule has 190 valence electrons. The molecule has 0 amide bonds. The third-order valence-corrected chi connectivity index (χ3v) is 9.87. The van der Waals surface area contributed by atoms with Crippen LogP contribution in [0.2, 0.25) is 0 Å². The highest BCUT2D eigenvalue weighted by molar-refractivity contribution is 5.89. The molecule has 35 heavy (non-hydrogen) atoms. The van der Waals surface area contributed by atoms with Crippen LogP contribution in [0.5, 0.6) is 0 Å². The predicted molar refractivity (Wildman–Crippen MR) is 142 cm³/mol. The molecule has 4 rings (SSSR count). The van der Waals surface area contributed by atoms with Crippen LogP contribution in [0.3, 0.4) is 0 Å². The zero-order valence-corrected chi connectivity index (χ0v) is 22.1. The molecule has 3 unspecified atom stereocenters. The number of aromatic carboxylic acids is 1. The third kappa shape index (κ3) is 4.16. The molecule has 1 aromatic carbocycles. The first-order chi connectivity index (χ1) is 16.4. The Kier molecular flexibility index (Phi) is 6.78. The number of hydrogen-bond acceptors (Lipinski definition) is 4. The van der Waals surface area contributed by atoms with E-state index in [-0.39, 0.29) is 22.5 Å². The van der Waals surface area contributed by atoms with E-state index in [1.54, 1.807) is 18.2 Å². The number of allylic oxidation sites excluding steroid dienone is 3. The summed E-state index contributed by atoms with van der Waals surface area (Å²) in [6, 6.07) is 7.01. The predicted octanol–water partition coefficient (Wildman–Crippen LogP) is 6.54. The molecule has 0 aliphatic heterocycles. The van der Waals surface area contributed by atoms with Gasteiger partial charge in [0.1, 0.15) is 0 Å². The van der Waals surface area contributed by atoms with Crippen LogP contribution in [0.1, 0.15) is 77.1 Å². The molecular weight excluding hydrogens is 436 g/mol. The van der Waals surface area contributed by atoms with Gasteiger partial charge in [0.2, 0.25) is 0 Å². The van der Waals surface area contributed by atoms with E-state index in [0.29, 0.717) is 23.7 Å². The number of rotatable bonds is 6. The number of carboxylic acid groups (broad SMARTS) is 1. The summed E-state index contributed by atoms with van der Waals surface area (Å²) in [5.41, 5.74) is 4.43. The average molecular weight is 479 g/mol. The number of anilines is 1. The van der Waals surface area contributed by atoms with Gasteiger partial charge in [0, 0.05) is 24.6 Å². The van der Waals surface area contributed by atoms with Crippen LogP contribution in [-0.2, 0) is 0 Å². The largest absolute Gasteiger partial charge is 0.478 e. The van der Waals surface area contributed by atoms with Crippen LogP contribution in [-0.4, -0.2) is 35.5 Å². The number of aliphatic hydroxyl groups excluding tert-OH is 1. The lowest BCUT2D eigenvalue weighted by Gasteiger charge is -2.56. The van der Waals surface area contributed by atoms with E-state index in [1.165, 1.54) is 11.8 Å². The number of carbonyl (C=O) groups is 1. The second-order valence-corrected chi connectivity index (χ2v) is 12.0. The molecule has 5 nitrogen and oxygen atoms in total. The Morgan fingerprint density at radius 3 is 2.54 bits per heavy atom. The lowest BCUT2D eigenvalue weighted by atomic mass is 9.49. The number of likely N-dealkylation sites (N-methyl/N-ethyl adjacent to an activating group) is 1. The minimum atomic E-state index is -0.936. The quantitative estimate of drug-likeness (QED) is 0.405. The van der Waals surface area contributed by atoms with Gasteiger partial charge in [-0.1, -0.05) is 52.7 Å². The summed E-state index contributed by atoms with van der Waals surface area (Å²) in [5.74, 6) is 1.05. The molecule has 0 radical (unpaired) electrons.